The lowest BCUT2D eigenvalue weighted by atomic mass is 10.6. The van der Waals surface area contributed by atoms with Crippen LogP contribution in [0.1, 0.15) is 0 Å². The summed E-state index contributed by atoms with van der Waals surface area (Å²) in [4.78, 5) is 0. The van der Waals surface area contributed by atoms with Gasteiger partial charge in [0, 0.05) is 6.07 Å². The minimum absolute atomic E-state index is 0.323. The molecule has 0 unspecified atom stereocenters. The first-order chi connectivity index (χ1) is 5.33. The molecule has 1 aromatic heterocycles. The second kappa shape index (κ2) is 3.71. The lowest BCUT2D eigenvalue weighted by Gasteiger charge is -2.03. The fraction of sp³-hybridized carbons (Fsp3) is 0.250. The molecule has 60 valence electrons. The normalized spacial score (nSPS) is 9.18. The molecule has 0 saturated carbocycles. The molecule has 0 bridgehead atoms. The van der Waals surface area contributed by atoms with E-state index in [9.17, 15) is 0 Å². The Morgan fingerprint density at radius 3 is 3.09 bits per heavy atom. The lowest BCUT2D eigenvalue weighted by Crippen LogP contribution is -2.00. The molecule has 0 spiro atoms. The minimum atomic E-state index is 0.323. The van der Waals surface area contributed by atoms with Gasteiger partial charge in [0.2, 0.25) is 0 Å². The summed E-state index contributed by atoms with van der Waals surface area (Å²) >= 11 is 0. The van der Waals surface area contributed by atoms with Crippen molar-refractivity contribution >= 4 is 0 Å². The summed E-state index contributed by atoms with van der Waals surface area (Å²) in [5.74, 6) is 1.05. The smallest absolute Gasteiger partial charge is 0.284 e. The molecule has 0 fully saturated rings. The van der Waals surface area contributed by atoms with Gasteiger partial charge in [0.05, 0.1) is 13.4 Å². The van der Waals surface area contributed by atoms with Crippen molar-refractivity contribution in [2.24, 2.45) is 0 Å². The van der Waals surface area contributed by atoms with Crippen LogP contribution in [0.4, 0.5) is 0 Å². The largest absolute Gasteiger partial charge is 0.498 e. The predicted molar refractivity (Wildman–Crippen MR) is 40.4 cm³/mol. The molecule has 1 rings (SSSR count). The SMILES string of the molecule is C=C(COc1ccco1)OC. The van der Waals surface area contributed by atoms with E-state index in [4.69, 9.17) is 13.9 Å². The van der Waals surface area contributed by atoms with Crippen LogP contribution in [0.5, 0.6) is 5.95 Å². The molecule has 0 saturated heterocycles. The summed E-state index contributed by atoms with van der Waals surface area (Å²) in [7, 11) is 1.55. The maximum absolute atomic E-state index is 5.11. The van der Waals surface area contributed by atoms with Gasteiger partial charge in [0.25, 0.3) is 5.95 Å². The zero-order chi connectivity index (χ0) is 8.10. The third-order valence-electron chi connectivity index (χ3n) is 1.16. The molecule has 0 amide bonds. The molecular formula is C8H10O3. The monoisotopic (exact) mass is 154 g/mol. The van der Waals surface area contributed by atoms with Crippen LogP contribution in [0, 0.1) is 0 Å². The molecule has 0 radical (unpaired) electrons. The summed E-state index contributed by atoms with van der Waals surface area (Å²) in [6.07, 6.45) is 1.55. The van der Waals surface area contributed by atoms with Gasteiger partial charge in [-0.25, -0.2) is 0 Å². The first kappa shape index (κ1) is 7.72. The van der Waals surface area contributed by atoms with Gasteiger partial charge in [-0.1, -0.05) is 6.58 Å². The predicted octanol–water partition coefficient (Wildman–Crippen LogP) is 1.82. The highest BCUT2D eigenvalue weighted by Crippen LogP contribution is 2.10. The fourth-order valence-corrected chi connectivity index (χ4v) is 0.556. The van der Waals surface area contributed by atoms with Gasteiger partial charge in [0.15, 0.2) is 0 Å². The second-order valence-corrected chi connectivity index (χ2v) is 1.96. The van der Waals surface area contributed by atoms with Gasteiger partial charge < -0.3 is 13.9 Å². The number of rotatable bonds is 4. The van der Waals surface area contributed by atoms with E-state index in [1.165, 1.54) is 0 Å². The average molecular weight is 154 g/mol. The van der Waals surface area contributed by atoms with Gasteiger partial charge >= 0.3 is 0 Å². The first-order valence-electron chi connectivity index (χ1n) is 3.21. The van der Waals surface area contributed by atoms with E-state index in [-0.39, 0.29) is 0 Å². The van der Waals surface area contributed by atoms with E-state index < -0.39 is 0 Å². The van der Waals surface area contributed by atoms with Crippen LogP contribution in [0.2, 0.25) is 0 Å². The molecule has 1 heterocycles. The van der Waals surface area contributed by atoms with Gasteiger partial charge in [-0.05, 0) is 6.07 Å². The van der Waals surface area contributed by atoms with Crippen molar-refractivity contribution in [2.45, 2.75) is 0 Å². The molecule has 1 aromatic rings. The van der Waals surface area contributed by atoms with Crippen molar-refractivity contribution < 1.29 is 13.9 Å². The second-order valence-electron chi connectivity index (χ2n) is 1.96. The Morgan fingerprint density at radius 1 is 1.73 bits per heavy atom. The van der Waals surface area contributed by atoms with Crippen molar-refractivity contribution in [2.75, 3.05) is 13.7 Å². The molecular weight excluding hydrogens is 144 g/mol. The van der Waals surface area contributed by atoms with E-state index in [0.717, 1.165) is 0 Å². The molecule has 3 nitrogen and oxygen atoms in total. The number of furan rings is 1. The Hall–Kier alpha value is -1.38. The fourth-order valence-electron chi connectivity index (χ4n) is 0.556. The van der Waals surface area contributed by atoms with Gasteiger partial charge in [-0.3, -0.25) is 0 Å². The molecule has 0 aliphatic heterocycles. The summed E-state index contributed by atoms with van der Waals surface area (Å²) in [5, 5.41) is 0. The number of hydrogen-bond acceptors (Lipinski definition) is 3. The summed E-state index contributed by atoms with van der Waals surface area (Å²) in [6.45, 7) is 3.91. The number of ether oxygens (including phenoxy) is 2. The Morgan fingerprint density at radius 2 is 2.55 bits per heavy atom. The van der Waals surface area contributed by atoms with Crippen LogP contribution in [-0.2, 0) is 4.74 Å². The Labute approximate surface area is 65.2 Å². The molecule has 0 aliphatic rings. The highest BCUT2D eigenvalue weighted by molar-refractivity contribution is 5.04. The maximum Gasteiger partial charge on any atom is 0.284 e. The standard InChI is InChI=1S/C8H10O3/c1-7(9-2)6-11-8-4-3-5-10-8/h3-5H,1,6H2,2H3. The number of hydrogen-bond donors (Lipinski definition) is 0. The molecule has 0 N–H and O–H groups in total. The zero-order valence-electron chi connectivity index (χ0n) is 6.37. The number of methoxy groups -OCH3 is 1. The molecule has 11 heavy (non-hydrogen) atoms. The van der Waals surface area contributed by atoms with Crippen molar-refractivity contribution in [3.63, 3.8) is 0 Å². The first-order valence-corrected chi connectivity index (χ1v) is 3.21. The van der Waals surface area contributed by atoms with Crippen LogP contribution in [0.15, 0.2) is 35.2 Å². The van der Waals surface area contributed by atoms with Crippen molar-refractivity contribution in [3.05, 3.63) is 30.7 Å². The van der Waals surface area contributed by atoms with Crippen molar-refractivity contribution in [1.82, 2.24) is 0 Å². The third kappa shape index (κ3) is 2.37. The maximum atomic E-state index is 5.11. The molecule has 0 aromatic carbocycles. The van der Waals surface area contributed by atoms with Gasteiger partial charge in [-0.2, -0.15) is 0 Å². The average Bonchev–Trinajstić information content (AvgIpc) is 2.52. The topological polar surface area (TPSA) is 31.6 Å². The Kier molecular flexibility index (Phi) is 2.60. The van der Waals surface area contributed by atoms with E-state index in [1.54, 1.807) is 25.5 Å². The Bertz CT molecular complexity index is 213. The van der Waals surface area contributed by atoms with Crippen LogP contribution < -0.4 is 4.74 Å². The van der Waals surface area contributed by atoms with Crippen LogP contribution in [0.25, 0.3) is 0 Å². The minimum Gasteiger partial charge on any atom is -0.498 e. The lowest BCUT2D eigenvalue weighted by molar-refractivity contribution is 0.193. The highest BCUT2D eigenvalue weighted by Gasteiger charge is 1.96. The van der Waals surface area contributed by atoms with Crippen LogP contribution in [-0.4, -0.2) is 13.7 Å². The molecule has 3 heteroatoms. The van der Waals surface area contributed by atoms with Crippen molar-refractivity contribution in [1.29, 1.82) is 0 Å². The summed E-state index contributed by atoms with van der Waals surface area (Å²) < 4.78 is 14.8. The van der Waals surface area contributed by atoms with Gasteiger partial charge in [0.1, 0.15) is 12.4 Å². The summed E-state index contributed by atoms with van der Waals surface area (Å²) in [6, 6.07) is 3.48. The highest BCUT2D eigenvalue weighted by atomic mass is 16.6. The Balaban J connectivity index is 2.29. The van der Waals surface area contributed by atoms with Crippen LogP contribution >= 0.6 is 0 Å². The molecule has 0 atom stereocenters. The molecule has 0 aliphatic carbocycles. The van der Waals surface area contributed by atoms with Crippen molar-refractivity contribution in [3.8, 4) is 5.95 Å². The zero-order valence-corrected chi connectivity index (χ0v) is 6.37. The van der Waals surface area contributed by atoms with E-state index in [2.05, 4.69) is 6.58 Å². The van der Waals surface area contributed by atoms with E-state index in [0.29, 0.717) is 18.3 Å². The van der Waals surface area contributed by atoms with Crippen LogP contribution in [0.3, 0.4) is 0 Å². The van der Waals surface area contributed by atoms with E-state index >= 15 is 0 Å². The quantitative estimate of drug-likeness (QED) is 0.620. The van der Waals surface area contributed by atoms with Gasteiger partial charge in [-0.15, -0.1) is 0 Å². The third-order valence-corrected chi connectivity index (χ3v) is 1.16. The van der Waals surface area contributed by atoms with E-state index in [1.807, 2.05) is 0 Å². The summed E-state index contributed by atoms with van der Waals surface area (Å²) in [5.41, 5.74) is 0.